The zero-order valence-corrected chi connectivity index (χ0v) is 23.3. The monoisotopic (exact) mass is 595 g/mol. The number of likely N-dealkylation sites (N-methyl/N-ethyl adjacent to an activating group) is 1. The quantitative estimate of drug-likeness (QED) is 0.172. The number of hydrogen-bond donors (Lipinski definition) is 5. The number of rotatable bonds is 10. The maximum atomic E-state index is 15.9. The Balaban J connectivity index is 1.48. The van der Waals surface area contributed by atoms with E-state index in [0.29, 0.717) is 32.5 Å². The first kappa shape index (κ1) is 29.5. The van der Waals surface area contributed by atoms with Crippen LogP contribution in [0.5, 0.6) is 29.0 Å². The van der Waals surface area contributed by atoms with Crippen molar-refractivity contribution in [3.63, 3.8) is 0 Å². The second-order valence-corrected chi connectivity index (χ2v) is 10.3. The van der Waals surface area contributed by atoms with E-state index in [1.54, 1.807) is 23.1 Å². The number of nitrogens with two attached hydrogens (primary N) is 1. The van der Waals surface area contributed by atoms with Crippen LogP contribution in [-0.4, -0.2) is 88.5 Å². The molecule has 0 aliphatic carbocycles. The van der Waals surface area contributed by atoms with Crippen molar-refractivity contribution < 1.29 is 33.3 Å². The van der Waals surface area contributed by atoms with Gasteiger partial charge < -0.3 is 35.6 Å². The summed E-state index contributed by atoms with van der Waals surface area (Å²) in [6.45, 7) is 2.12. The topological polar surface area (TPSA) is 170 Å². The zero-order valence-electron chi connectivity index (χ0n) is 23.3. The number of halogens is 2. The molecule has 2 aliphatic rings. The summed E-state index contributed by atoms with van der Waals surface area (Å²) in [6.07, 6.45) is 0.861. The molecule has 3 aromatic rings. The molecule has 1 fully saturated rings. The van der Waals surface area contributed by atoms with Crippen molar-refractivity contribution in [3.05, 3.63) is 65.2 Å². The van der Waals surface area contributed by atoms with E-state index in [1.165, 1.54) is 18.2 Å². The van der Waals surface area contributed by atoms with E-state index in [4.69, 9.17) is 25.7 Å². The molecule has 0 spiro atoms. The molecule has 43 heavy (non-hydrogen) atoms. The number of carboxylic acid groups (broad SMARTS) is 1. The maximum Gasteiger partial charge on any atom is 0.317 e. The number of aliphatic carboxylic acids is 1. The van der Waals surface area contributed by atoms with Crippen LogP contribution in [0, 0.1) is 17.0 Å². The molecule has 0 bridgehead atoms. The van der Waals surface area contributed by atoms with Crippen molar-refractivity contribution in [2.45, 2.75) is 18.9 Å². The summed E-state index contributed by atoms with van der Waals surface area (Å²) in [4.78, 5) is 23.2. The van der Waals surface area contributed by atoms with E-state index in [1.807, 2.05) is 18.0 Å². The van der Waals surface area contributed by atoms with Crippen LogP contribution in [0.25, 0.3) is 0 Å². The fraction of sp³-hybridized carbons (Fsp3) is 0.310. The second-order valence-electron chi connectivity index (χ2n) is 10.3. The van der Waals surface area contributed by atoms with Gasteiger partial charge in [0, 0.05) is 43.9 Å². The number of phenolic OH excluding ortho intramolecular Hbond substituents is 1. The zero-order chi connectivity index (χ0) is 30.7. The normalized spacial score (nSPS) is 15.7. The van der Waals surface area contributed by atoms with Gasteiger partial charge in [0.2, 0.25) is 11.6 Å². The van der Waals surface area contributed by atoms with Crippen LogP contribution >= 0.6 is 0 Å². The van der Waals surface area contributed by atoms with Crippen molar-refractivity contribution in [2.24, 2.45) is 10.7 Å². The lowest BCUT2D eigenvalue weighted by Crippen LogP contribution is -2.41. The number of aliphatic imine (C=N–C) groups is 1. The summed E-state index contributed by atoms with van der Waals surface area (Å²) in [5.74, 6) is -4.46. The van der Waals surface area contributed by atoms with Gasteiger partial charge in [-0.25, -0.2) is 0 Å². The third-order valence-electron chi connectivity index (χ3n) is 7.16. The number of nitrogen functional groups attached to an aromatic ring is 1. The molecule has 5 rings (SSSR count). The number of nitrogens with zero attached hydrogens (tertiary/aromatic N) is 4. The molecular formula is C29H31F2N7O5. The highest BCUT2D eigenvalue weighted by Crippen LogP contribution is 2.39. The van der Waals surface area contributed by atoms with Gasteiger partial charge in [-0.1, -0.05) is 12.1 Å². The Morgan fingerprint density at radius 1 is 1.12 bits per heavy atom. The smallest absolute Gasteiger partial charge is 0.317 e. The van der Waals surface area contributed by atoms with Crippen molar-refractivity contribution in [2.75, 3.05) is 45.1 Å². The molecule has 2 aliphatic heterocycles. The third kappa shape index (κ3) is 6.75. The number of pyridine rings is 1. The number of aromatic nitrogens is 1. The molecular weight excluding hydrogens is 564 g/mol. The van der Waals surface area contributed by atoms with Gasteiger partial charge in [-0.15, -0.1) is 0 Å². The first-order valence-corrected chi connectivity index (χ1v) is 13.6. The van der Waals surface area contributed by atoms with E-state index < -0.39 is 35.1 Å². The molecule has 0 unspecified atom stereocenters. The molecule has 1 saturated heterocycles. The molecule has 0 radical (unpaired) electrons. The van der Waals surface area contributed by atoms with Crippen molar-refractivity contribution in [3.8, 4) is 29.0 Å². The van der Waals surface area contributed by atoms with E-state index >= 15 is 8.78 Å². The third-order valence-corrected chi connectivity index (χ3v) is 7.16. The van der Waals surface area contributed by atoms with Gasteiger partial charge >= 0.3 is 5.97 Å². The SMILES string of the molecule is CN1CCN=C1c1cccc(Oc2nc(Oc3cc(C(=N)N)ccc3O)c(F)c(NC3CCN(CC(=O)O)CC3)c2F)c1. The molecule has 226 valence electrons. The Morgan fingerprint density at radius 2 is 1.84 bits per heavy atom. The van der Waals surface area contributed by atoms with E-state index in [0.717, 1.165) is 17.9 Å². The number of hydrogen-bond acceptors (Lipinski definition) is 10. The Kier molecular flexibility index (Phi) is 8.57. The standard InChI is InChI=1S/C29H31F2N7O5/c1-37-12-9-34-27(37)17-3-2-4-19(13-17)42-28-23(30)25(35-18-7-10-38(11-8-18)15-22(40)41)24(31)29(36-28)43-21-14-16(26(32)33)5-6-20(21)39/h2-6,13-14,18,39H,7-12,15H2,1H3,(H3,32,33)(H,35,36)(H,40,41). The number of phenols is 1. The predicted molar refractivity (Wildman–Crippen MR) is 155 cm³/mol. The summed E-state index contributed by atoms with van der Waals surface area (Å²) < 4.78 is 43.2. The minimum Gasteiger partial charge on any atom is -0.504 e. The van der Waals surface area contributed by atoms with Crippen molar-refractivity contribution in [1.82, 2.24) is 14.8 Å². The van der Waals surface area contributed by atoms with Gasteiger partial charge in [0.05, 0.1) is 13.1 Å². The Morgan fingerprint density at radius 3 is 2.49 bits per heavy atom. The average molecular weight is 596 g/mol. The molecule has 6 N–H and O–H groups in total. The van der Waals surface area contributed by atoms with Crippen LogP contribution in [-0.2, 0) is 4.79 Å². The summed E-state index contributed by atoms with van der Waals surface area (Å²) >= 11 is 0. The summed E-state index contributed by atoms with van der Waals surface area (Å²) in [6, 6.07) is 10.3. The van der Waals surface area contributed by atoms with E-state index in [9.17, 15) is 9.90 Å². The first-order valence-electron chi connectivity index (χ1n) is 13.6. The molecule has 3 heterocycles. The minimum atomic E-state index is -1.17. The number of likely N-dealkylation sites (tertiary alicyclic amines) is 1. The fourth-order valence-corrected chi connectivity index (χ4v) is 4.92. The highest BCUT2D eigenvalue weighted by atomic mass is 19.1. The first-order chi connectivity index (χ1) is 20.6. The predicted octanol–water partition coefficient (Wildman–Crippen LogP) is 3.59. The van der Waals surface area contributed by atoms with Crippen LogP contribution < -0.4 is 20.5 Å². The Hall–Kier alpha value is -4.98. The van der Waals surface area contributed by atoms with Crippen LogP contribution in [0.2, 0.25) is 0 Å². The number of benzene rings is 2. The van der Waals surface area contributed by atoms with E-state index in [2.05, 4.69) is 15.3 Å². The van der Waals surface area contributed by atoms with Crippen LogP contribution in [0.15, 0.2) is 47.5 Å². The van der Waals surface area contributed by atoms with Gasteiger partial charge in [0.25, 0.3) is 11.8 Å². The molecule has 2 aromatic carbocycles. The lowest BCUT2D eigenvalue weighted by molar-refractivity contribution is -0.138. The number of carboxylic acids is 1. The highest BCUT2D eigenvalue weighted by molar-refractivity contribution is 6.00. The number of piperidine rings is 1. The largest absolute Gasteiger partial charge is 0.504 e. The molecule has 14 heteroatoms. The maximum absolute atomic E-state index is 15.9. The lowest BCUT2D eigenvalue weighted by atomic mass is 10.0. The molecule has 0 atom stereocenters. The molecule has 12 nitrogen and oxygen atoms in total. The fourth-order valence-electron chi connectivity index (χ4n) is 4.92. The highest BCUT2D eigenvalue weighted by Gasteiger charge is 2.28. The van der Waals surface area contributed by atoms with Gasteiger partial charge in [-0.2, -0.15) is 13.8 Å². The number of carbonyl (C=O) groups is 1. The number of amidine groups is 2. The Labute approximate surface area is 245 Å². The van der Waals surface area contributed by atoms with Crippen molar-refractivity contribution >= 4 is 23.3 Å². The second kappa shape index (κ2) is 12.5. The lowest BCUT2D eigenvalue weighted by Gasteiger charge is -2.32. The van der Waals surface area contributed by atoms with Crippen LogP contribution in [0.4, 0.5) is 14.5 Å². The van der Waals surface area contributed by atoms with Gasteiger partial charge in [-0.05, 0) is 43.2 Å². The number of anilines is 1. The average Bonchev–Trinajstić information content (AvgIpc) is 3.41. The number of aromatic hydroxyl groups is 1. The summed E-state index contributed by atoms with van der Waals surface area (Å²) in [5.41, 5.74) is 5.95. The van der Waals surface area contributed by atoms with Gasteiger partial charge in [-0.3, -0.25) is 20.1 Å². The molecule has 1 aromatic heterocycles. The van der Waals surface area contributed by atoms with Crippen molar-refractivity contribution in [1.29, 1.82) is 5.41 Å². The van der Waals surface area contributed by atoms with Crippen LogP contribution in [0.3, 0.4) is 0 Å². The number of ether oxygens (including phenoxy) is 2. The van der Waals surface area contributed by atoms with Crippen LogP contribution in [0.1, 0.15) is 24.0 Å². The summed E-state index contributed by atoms with van der Waals surface area (Å²) in [5, 5.41) is 29.9. The molecule has 0 saturated carbocycles. The molecule has 0 amide bonds. The van der Waals surface area contributed by atoms with Gasteiger partial charge in [0.15, 0.2) is 11.5 Å². The number of nitrogens with one attached hydrogen (secondary N) is 2. The Bertz CT molecular complexity index is 1580. The minimum absolute atomic E-state index is 0.120. The van der Waals surface area contributed by atoms with Gasteiger partial charge in [0.1, 0.15) is 23.1 Å². The van der Waals surface area contributed by atoms with E-state index in [-0.39, 0.29) is 41.2 Å². The summed E-state index contributed by atoms with van der Waals surface area (Å²) in [7, 11) is 1.91.